The first-order chi connectivity index (χ1) is 6.99. The van der Waals surface area contributed by atoms with Crippen LogP contribution in [0.3, 0.4) is 0 Å². The van der Waals surface area contributed by atoms with Gasteiger partial charge >= 0.3 is 0 Å². The Bertz CT molecular complexity index is 196. The van der Waals surface area contributed by atoms with Crippen molar-refractivity contribution in [2.75, 3.05) is 20.8 Å². The quantitative estimate of drug-likeness (QED) is 0.710. The van der Waals surface area contributed by atoms with Crippen molar-refractivity contribution >= 4 is 11.7 Å². The van der Waals surface area contributed by atoms with E-state index in [1.54, 1.807) is 7.05 Å². The highest BCUT2D eigenvalue weighted by molar-refractivity contribution is 5.87. The van der Waals surface area contributed by atoms with Gasteiger partial charge in [0, 0.05) is 0 Å². The number of likely N-dealkylation sites (N-methyl/N-ethyl adjacent to an activating group) is 1. The molecule has 0 rings (SSSR count). The summed E-state index contributed by atoms with van der Waals surface area (Å²) in [5, 5.41) is 5.47. The lowest BCUT2D eigenvalue weighted by Crippen LogP contribution is -2.46. The lowest BCUT2D eigenvalue weighted by molar-refractivity contribution is -0.126. The lowest BCUT2D eigenvalue weighted by atomic mass is 10.0. The number of carbonyl (C=O) groups is 2. The molecule has 0 saturated carbocycles. The lowest BCUT2D eigenvalue weighted by Gasteiger charge is -2.18. The zero-order chi connectivity index (χ0) is 12.4. The highest BCUT2D eigenvalue weighted by Gasteiger charge is 2.19. The van der Waals surface area contributed by atoms with Gasteiger partial charge in [0.1, 0.15) is 5.78 Å². The average molecular weight is 220 g/mol. The van der Waals surface area contributed by atoms with Crippen LogP contribution in [0.25, 0.3) is 0 Å². The van der Waals surface area contributed by atoms with Gasteiger partial charge in [0.15, 0.2) is 0 Å². The van der Waals surface area contributed by atoms with Gasteiger partial charge in [-0.25, -0.2) is 0 Å². The molecule has 0 saturated heterocycles. The molecule has 0 heterocycles. The summed E-state index contributed by atoms with van der Waals surface area (Å²) in [4.78, 5) is 22.0. The molecule has 5 heteroatoms. The number of nitrogens with one attached hydrogen (secondary N) is 2. The minimum absolute atomic E-state index is 0.0352. The van der Waals surface area contributed by atoms with Gasteiger partial charge in [0.25, 0.3) is 0 Å². The Balaban J connectivity index is 0. The molecule has 1 atom stereocenters. The number of amides is 1. The SMILES string of the molecule is CF.CNC(C(=O)NCC(C)=O)C(C)C. The summed E-state index contributed by atoms with van der Waals surface area (Å²) in [6.07, 6.45) is 0. The molecule has 0 aliphatic heterocycles. The number of rotatable bonds is 5. The van der Waals surface area contributed by atoms with E-state index in [2.05, 4.69) is 10.6 Å². The summed E-state index contributed by atoms with van der Waals surface area (Å²) >= 11 is 0. The minimum atomic E-state index is -0.223. The first-order valence-electron chi connectivity index (χ1n) is 4.81. The molecule has 0 aromatic rings. The first kappa shape index (κ1) is 16.5. The molecule has 1 unspecified atom stereocenters. The van der Waals surface area contributed by atoms with Crippen LogP contribution < -0.4 is 10.6 Å². The predicted molar refractivity (Wildman–Crippen MR) is 58.4 cm³/mol. The largest absolute Gasteiger partial charge is 0.348 e. The molecule has 0 aromatic carbocycles. The van der Waals surface area contributed by atoms with E-state index in [1.807, 2.05) is 13.8 Å². The van der Waals surface area contributed by atoms with E-state index >= 15 is 0 Å². The smallest absolute Gasteiger partial charge is 0.237 e. The van der Waals surface area contributed by atoms with Gasteiger partial charge in [-0.2, -0.15) is 0 Å². The van der Waals surface area contributed by atoms with Crippen molar-refractivity contribution in [1.82, 2.24) is 10.6 Å². The molecule has 4 nitrogen and oxygen atoms in total. The molecule has 0 aliphatic carbocycles. The second-order valence-electron chi connectivity index (χ2n) is 3.43. The maximum Gasteiger partial charge on any atom is 0.237 e. The molecule has 0 spiro atoms. The van der Waals surface area contributed by atoms with Crippen LogP contribution in [0.5, 0.6) is 0 Å². The Kier molecular flexibility index (Phi) is 10.5. The van der Waals surface area contributed by atoms with Crippen LogP contribution in [0, 0.1) is 5.92 Å². The summed E-state index contributed by atoms with van der Waals surface area (Å²) in [6.45, 7) is 5.47. The van der Waals surface area contributed by atoms with Crippen molar-refractivity contribution in [2.45, 2.75) is 26.8 Å². The fourth-order valence-electron chi connectivity index (χ4n) is 1.09. The van der Waals surface area contributed by atoms with Crippen molar-refractivity contribution in [3.8, 4) is 0 Å². The van der Waals surface area contributed by atoms with E-state index in [0.717, 1.165) is 0 Å². The van der Waals surface area contributed by atoms with Gasteiger partial charge in [-0.3, -0.25) is 14.0 Å². The van der Waals surface area contributed by atoms with E-state index in [1.165, 1.54) is 6.92 Å². The molecule has 0 radical (unpaired) electrons. The summed E-state index contributed by atoms with van der Waals surface area (Å²) in [5.74, 6) is 0.0663. The van der Waals surface area contributed by atoms with Gasteiger partial charge in [0.2, 0.25) is 5.91 Å². The van der Waals surface area contributed by atoms with E-state index in [9.17, 15) is 14.0 Å². The van der Waals surface area contributed by atoms with Crippen molar-refractivity contribution < 1.29 is 14.0 Å². The zero-order valence-electron chi connectivity index (χ0n) is 10.1. The summed E-state index contributed by atoms with van der Waals surface area (Å²) in [5.41, 5.74) is 0. The number of carbonyl (C=O) groups excluding carboxylic acids is 2. The fraction of sp³-hybridized carbons (Fsp3) is 0.800. The molecular weight excluding hydrogens is 199 g/mol. The normalized spacial score (nSPS) is 11.4. The molecule has 0 aromatic heterocycles. The van der Waals surface area contributed by atoms with Crippen LogP contribution >= 0.6 is 0 Å². The third-order valence-corrected chi connectivity index (χ3v) is 1.77. The molecule has 90 valence electrons. The van der Waals surface area contributed by atoms with Crippen molar-refractivity contribution in [3.63, 3.8) is 0 Å². The maximum atomic E-state index is 11.4. The molecule has 15 heavy (non-hydrogen) atoms. The minimum Gasteiger partial charge on any atom is -0.348 e. The van der Waals surface area contributed by atoms with E-state index in [4.69, 9.17) is 0 Å². The Hall–Kier alpha value is -0.970. The summed E-state index contributed by atoms with van der Waals surface area (Å²) in [6, 6.07) is -0.223. The monoisotopic (exact) mass is 220 g/mol. The molecule has 1 amide bonds. The number of hydrogen-bond acceptors (Lipinski definition) is 3. The fourth-order valence-corrected chi connectivity index (χ4v) is 1.09. The van der Waals surface area contributed by atoms with E-state index in [0.29, 0.717) is 7.18 Å². The molecular formula is C10H21FN2O2. The Morgan fingerprint density at radius 3 is 2.00 bits per heavy atom. The van der Waals surface area contributed by atoms with Gasteiger partial charge < -0.3 is 10.6 Å². The number of ketones is 1. The molecule has 0 aliphatic rings. The Morgan fingerprint density at radius 2 is 1.73 bits per heavy atom. The van der Waals surface area contributed by atoms with Crippen LogP contribution in [-0.4, -0.2) is 38.5 Å². The summed E-state index contributed by atoms with van der Waals surface area (Å²) in [7, 11) is 2.23. The highest BCUT2D eigenvalue weighted by atomic mass is 19.1. The average Bonchev–Trinajstić information content (AvgIpc) is 2.18. The van der Waals surface area contributed by atoms with E-state index in [-0.39, 0.29) is 30.2 Å². The van der Waals surface area contributed by atoms with Gasteiger partial charge in [-0.05, 0) is 19.9 Å². The third-order valence-electron chi connectivity index (χ3n) is 1.77. The van der Waals surface area contributed by atoms with Crippen molar-refractivity contribution in [1.29, 1.82) is 0 Å². The Labute approximate surface area is 90.6 Å². The molecule has 0 bridgehead atoms. The van der Waals surface area contributed by atoms with Gasteiger partial charge in [-0.15, -0.1) is 0 Å². The second kappa shape index (κ2) is 9.58. The first-order valence-corrected chi connectivity index (χ1v) is 4.81. The van der Waals surface area contributed by atoms with Crippen LogP contribution in [0.4, 0.5) is 4.39 Å². The van der Waals surface area contributed by atoms with Crippen LogP contribution in [0.15, 0.2) is 0 Å². The molecule has 2 N–H and O–H groups in total. The zero-order valence-corrected chi connectivity index (χ0v) is 10.1. The number of hydrogen-bond donors (Lipinski definition) is 2. The number of halogens is 1. The van der Waals surface area contributed by atoms with Crippen molar-refractivity contribution in [2.24, 2.45) is 5.92 Å². The molecule has 0 fully saturated rings. The van der Waals surface area contributed by atoms with E-state index < -0.39 is 0 Å². The third kappa shape index (κ3) is 8.05. The topological polar surface area (TPSA) is 58.2 Å². The number of Topliss-reactive ketones (excluding diaryl/α,β-unsaturated/α-hetero) is 1. The van der Waals surface area contributed by atoms with Crippen LogP contribution in [-0.2, 0) is 9.59 Å². The second-order valence-corrected chi connectivity index (χ2v) is 3.43. The maximum absolute atomic E-state index is 11.4. The van der Waals surface area contributed by atoms with Crippen LogP contribution in [0.2, 0.25) is 0 Å². The van der Waals surface area contributed by atoms with Gasteiger partial charge in [-0.1, -0.05) is 13.8 Å². The van der Waals surface area contributed by atoms with Crippen LogP contribution in [0.1, 0.15) is 20.8 Å². The highest BCUT2D eigenvalue weighted by Crippen LogP contribution is 2.00. The number of alkyl halides is 1. The summed E-state index contributed by atoms with van der Waals surface area (Å²) < 4.78 is 9.50. The Morgan fingerprint density at radius 1 is 1.27 bits per heavy atom. The van der Waals surface area contributed by atoms with Crippen molar-refractivity contribution in [3.05, 3.63) is 0 Å². The predicted octanol–water partition coefficient (Wildman–Crippen LogP) is 0.521. The standard InChI is InChI=1S/C9H18N2O2.CH3F/c1-6(2)8(10-4)9(13)11-5-7(3)12;1-2/h6,8,10H,5H2,1-4H3,(H,11,13);1H3. The van der Waals surface area contributed by atoms with Gasteiger partial charge in [0.05, 0.1) is 19.8 Å².